The van der Waals surface area contributed by atoms with Gasteiger partial charge in [-0.3, -0.25) is 4.79 Å². The summed E-state index contributed by atoms with van der Waals surface area (Å²) in [4.78, 5) is 12.7. The summed E-state index contributed by atoms with van der Waals surface area (Å²) in [5.74, 6) is 2.01. The molecule has 192 valence electrons. The third-order valence-electron chi connectivity index (χ3n) is 5.99. The number of nitrogens with one attached hydrogen (secondary N) is 1. The van der Waals surface area contributed by atoms with E-state index < -0.39 is 9.84 Å². The van der Waals surface area contributed by atoms with Gasteiger partial charge in [-0.15, -0.1) is 0 Å². The highest BCUT2D eigenvalue weighted by Crippen LogP contribution is 2.31. The Labute approximate surface area is 212 Å². The molecule has 1 saturated heterocycles. The van der Waals surface area contributed by atoms with Crippen molar-refractivity contribution < 1.29 is 22.7 Å². The highest BCUT2D eigenvalue weighted by Gasteiger charge is 2.32. The number of sulfone groups is 1. The van der Waals surface area contributed by atoms with E-state index >= 15 is 0 Å². The van der Waals surface area contributed by atoms with E-state index in [2.05, 4.69) is 31.2 Å². The molecular formula is C27H33N3O5S. The standard InChI is InChI=1S/C27H33N3O5S/c1-4-20-5-9-23(10-6-20)35-17-27(31)28-26-15-25(29-30(26)22-13-14-36(32,33)18-22)21-7-11-24(12-8-21)34-16-19(2)3/h5-12,15,19,22H,4,13-14,16-18H2,1-3H3,(H,28,31)/t22-/m1/s1. The minimum absolute atomic E-state index is 0.000746. The number of amides is 1. The lowest BCUT2D eigenvalue weighted by atomic mass is 10.1. The van der Waals surface area contributed by atoms with Crippen molar-refractivity contribution in [3.05, 3.63) is 60.2 Å². The second kappa shape index (κ2) is 11.2. The van der Waals surface area contributed by atoms with Crippen molar-refractivity contribution in [2.24, 2.45) is 5.92 Å². The fourth-order valence-electron chi connectivity index (χ4n) is 4.01. The molecule has 0 unspecified atom stereocenters. The predicted octanol–water partition coefficient (Wildman–Crippen LogP) is 4.52. The second-order valence-electron chi connectivity index (χ2n) is 9.48. The van der Waals surface area contributed by atoms with Crippen LogP contribution < -0.4 is 14.8 Å². The number of aromatic nitrogens is 2. The molecule has 36 heavy (non-hydrogen) atoms. The first-order chi connectivity index (χ1) is 17.2. The first-order valence-corrected chi connectivity index (χ1v) is 14.1. The van der Waals surface area contributed by atoms with Gasteiger partial charge in [0.1, 0.15) is 17.3 Å². The van der Waals surface area contributed by atoms with Gasteiger partial charge in [0.15, 0.2) is 16.4 Å². The van der Waals surface area contributed by atoms with Crippen LogP contribution in [-0.4, -0.2) is 48.8 Å². The molecule has 0 saturated carbocycles. The van der Waals surface area contributed by atoms with E-state index in [1.165, 1.54) is 5.56 Å². The number of nitrogens with zero attached hydrogens (tertiary/aromatic N) is 2. The molecule has 1 atom stereocenters. The molecule has 4 rings (SSSR count). The van der Waals surface area contributed by atoms with Crippen LogP contribution in [-0.2, 0) is 21.1 Å². The SMILES string of the molecule is CCc1ccc(OCC(=O)Nc2cc(-c3ccc(OCC(C)C)cc3)nn2[C@@H]2CCS(=O)(=O)C2)cc1. The predicted molar refractivity (Wildman–Crippen MR) is 140 cm³/mol. The summed E-state index contributed by atoms with van der Waals surface area (Å²) in [6.45, 7) is 6.72. The van der Waals surface area contributed by atoms with Gasteiger partial charge in [0, 0.05) is 11.6 Å². The second-order valence-corrected chi connectivity index (χ2v) is 11.7. The van der Waals surface area contributed by atoms with E-state index in [9.17, 15) is 13.2 Å². The smallest absolute Gasteiger partial charge is 0.263 e. The summed E-state index contributed by atoms with van der Waals surface area (Å²) < 4.78 is 37.2. The number of carbonyl (C=O) groups is 1. The summed E-state index contributed by atoms with van der Waals surface area (Å²) >= 11 is 0. The highest BCUT2D eigenvalue weighted by atomic mass is 32.2. The van der Waals surface area contributed by atoms with Crippen molar-refractivity contribution >= 4 is 21.6 Å². The Morgan fingerprint density at radius 3 is 2.36 bits per heavy atom. The Hall–Kier alpha value is -3.33. The zero-order chi connectivity index (χ0) is 25.7. The fraction of sp³-hybridized carbons (Fsp3) is 0.407. The normalized spacial score (nSPS) is 16.7. The molecule has 1 aliphatic heterocycles. The van der Waals surface area contributed by atoms with Crippen LogP contribution in [0.15, 0.2) is 54.6 Å². The molecule has 1 N–H and O–H groups in total. The molecule has 1 amide bonds. The van der Waals surface area contributed by atoms with Crippen LogP contribution in [0.1, 0.15) is 38.8 Å². The van der Waals surface area contributed by atoms with Crippen molar-refractivity contribution in [2.75, 3.05) is 30.0 Å². The highest BCUT2D eigenvalue weighted by molar-refractivity contribution is 7.91. The van der Waals surface area contributed by atoms with Crippen molar-refractivity contribution in [1.29, 1.82) is 0 Å². The van der Waals surface area contributed by atoms with Crippen LogP contribution in [0.4, 0.5) is 5.82 Å². The Balaban J connectivity index is 1.50. The first kappa shape index (κ1) is 25.8. The van der Waals surface area contributed by atoms with Crippen LogP contribution in [0.2, 0.25) is 0 Å². The van der Waals surface area contributed by atoms with Crippen LogP contribution in [0.25, 0.3) is 11.3 Å². The first-order valence-electron chi connectivity index (χ1n) is 12.3. The summed E-state index contributed by atoms with van der Waals surface area (Å²) in [5, 5.41) is 7.54. The molecule has 1 aliphatic rings. The van der Waals surface area contributed by atoms with Gasteiger partial charge in [0.05, 0.1) is 29.8 Å². The summed E-state index contributed by atoms with van der Waals surface area (Å²) in [5.41, 5.74) is 2.67. The summed E-state index contributed by atoms with van der Waals surface area (Å²) in [7, 11) is -3.13. The molecule has 1 aromatic heterocycles. The van der Waals surface area contributed by atoms with Gasteiger partial charge < -0.3 is 14.8 Å². The van der Waals surface area contributed by atoms with Crippen molar-refractivity contribution in [2.45, 2.75) is 39.7 Å². The summed E-state index contributed by atoms with van der Waals surface area (Å²) in [6, 6.07) is 16.6. The third kappa shape index (κ3) is 6.66. The van der Waals surface area contributed by atoms with E-state index in [-0.39, 0.29) is 30.1 Å². The summed E-state index contributed by atoms with van der Waals surface area (Å²) in [6.07, 6.45) is 1.38. The number of rotatable bonds is 10. The third-order valence-corrected chi connectivity index (χ3v) is 7.74. The van der Waals surface area contributed by atoms with Crippen LogP contribution in [0.5, 0.6) is 11.5 Å². The molecule has 0 bridgehead atoms. The van der Waals surface area contributed by atoms with E-state index in [4.69, 9.17) is 9.47 Å². The van der Waals surface area contributed by atoms with Gasteiger partial charge in [-0.2, -0.15) is 5.10 Å². The number of hydrogen-bond acceptors (Lipinski definition) is 6. The molecule has 0 aliphatic carbocycles. The lowest BCUT2D eigenvalue weighted by Crippen LogP contribution is -2.23. The minimum atomic E-state index is -3.13. The molecule has 0 spiro atoms. The lowest BCUT2D eigenvalue weighted by Gasteiger charge is -2.14. The molecule has 0 radical (unpaired) electrons. The molecule has 2 heterocycles. The zero-order valence-electron chi connectivity index (χ0n) is 20.9. The number of hydrogen-bond donors (Lipinski definition) is 1. The number of benzene rings is 2. The van der Waals surface area contributed by atoms with Crippen LogP contribution >= 0.6 is 0 Å². The number of aryl methyl sites for hydroxylation is 1. The molecule has 2 aromatic carbocycles. The molecule has 8 nitrogen and oxygen atoms in total. The Bertz CT molecular complexity index is 1280. The van der Waals surface area contributed by atoms with Crippen molar-refractivity contribution in [1.82, 2.24) is 9.78 Å². The Morgan fingerprint density at radius 2 is 1.75 bits per heavy atom. The number of carbonyl (C=O) groups excluding carboxylic acids is 1. The average molecular weight is 512 g/mol. The Kier molecular flexibility index (Phi) is 7.98. The van der Waals surface area contributed by atoms with E-state index in [0.29, 0.717) is 36.2 Å². The van der Waals surface area contributed by atoms with Crippen molar-refractivity contribution in [3.8, 4) is 22.8 Å². The van der Waals surface area contributed by atoms with Gasteiger partial charge >= 0.3 is 0 Å². The fourth-order valence-corrected chi connectivity index (χ4v) is 5.70. The van der Waals surface area contributed by atoms with E-state index in [1.54, 1.807) is 10.7 Å². The van der Waals surface area contributed by atoms with Gasteiger partial charge in [-0.1, -0.05) is 32.9 Å². The van der Waals surface area contributed by atoms with Crippen LogP contribution in [0.3, 0.4) is 0 Å². The average Bonchev–Trinajstić information content (AvgIpc) is 3.44. The molecule has 3 aromatic rings. The monoisotopic (exact) mass is 511 g/mol. The zero-order valence-corrected chi connectivity index (χ0v) is 21.8. The number of ether oxygens (including phenoxy) is 2. The van der Waals surface area contributed by atoms with E-state index in [1.807, 2.05) is 48.5 Å². The topological polar surface area (TPSA) is 99.5 Å². The minimum Gasteiger partial charge on any atom is -0.493 e. The number of anilines is 1. The largest absolute Gasteiger partial charge is 0.493 e. The maximum Gasteiger partial charge on any atom is 0.263 e. The molecule has 1 fully saturated rings. The van der Waals surface area contributed by atoms with Gasteiger partial charge in [-0.05, 0) is 60.7 Å². The maximum absolute atomic E-state index is 12.7. The van der Waals surface area contributed by atoms with Gasteiger partial charge in [-0.25, -0.2) is 13.1 Å². The Morgan fingerprint density at radius 1 is 1.08 bits per heavy atom. The maximum atomic E-state index is 12.7. The quantitative estimate of drug-likeness (QED) is 0.430. The lowest BCUT2D eigenvalue weighted by molar-refractivity contribution is -0.118. The van der Waals surface area contributed by atoms with Gasteiger partial charge in [0.25, 0.3) is 5.91 Å². The van der Waals surface area contributed by atoms with Crippen molar-refractivity contribution in [3.63, 3.8) is 0 Å². The van der Waals surface area contributed by atoms with E-state index in [0.717, 1.165) is 17.7 Å². The van der Waals surface area contributed by atoms with Crippen LogP contribution in [0, 0.1) is 5.92 Å². The molecule has 9 heteroatoms. The van der Waals surface area contributed by atoms with Gasteiger partial charge in [0.2, 0.25) is 0 Å². The molecular weight excluding hydrogens is 478 g/mol.